The Morgan fingerprint density at radius 3 is 2.87 bits per heavy atom. The Hall–Kier alpha value is -1.83. The SMILES string of the molecule is CSc1ccccc1C(=O)Nc1nnc(Cc2ccc(Cl)s2)o1. The fourth-order valence-electron chi connectivity index (χ4n) is 1.97. The zero-order chi connectivity index (χ0) is 16.2. The number of benzene rings is 1. The van der Waals surface area contributed by atoms with E-state index in [1.165, 1.54) is 23.1 Å². The predicted octanol–water partition coefficient (Wildman–Crippen LogP) is 4.35. The molecule has 118 valence electrons. The van der Waals surface area contributed by atoms with Gasteiger partial charge in [0.05, 0.1) is 16.3 Å². The molecule has 0 aliphatic heterocycles. The molecule has 2 heterocycles. The summed E-state index contributed by atoms with van der Waals surface area (Å²) in [7, 11) is 0. The maximum atomic E-state index is 12.3. The van der Waals surface area contributed by atoms with Gasteiger partial charge in [-0.05, 0) is 30.5 Å². The first-order valence-corrected chi connectivity index (χ1v) is 9.08. The van der Waals surface area contributed by atoms with Gasteiger partial charge in [-0.2, -0.15) is 0 Å². The molecule has 0 bridgehead atoms. The number of nitrogens with zero attached hydrogens (tertiary/aromatic N) is 2. The number of rotatable bonds is 5. The molecule has 3 aromatic rings. The Morgan fingerprint density at radius 1 is 1.30 bits per heavy atom. The first-order chi connectivity index (χ1) is 11.2. The fraction of sp³-hybridized carbons (Fsp3) is 0.133. The molecule has 2 aromatic heterocycles. The first kappa shape index (κ1) is 16.0. The highest BCUT2D eigenvalue weighted by molar-refractivity contribution is 7.98. The third-order valence-electron chi connectivity index (χ3n) is 2.99. The van der Waals surface area contributed by atoms with Crippen molar-refractivity contribution in [3.05, 3.63) is 57.1 Å². The van der Waals surface area contributed by atoms with Gasteiger partial charge in [0.1, 0.15) is 0 Å². The lowest BCUT2D eigenvalue weighted by molar-refractivity contribution is 0.102. The normalized spacial score (nSPS) is 10.7. The van der Waals surface area contributed by atoms with E-state index in [2.05, 4.69) is 15.5 Å². The van der Waals surface area contributed by atoms with Crippen LogP contribution in [0, 0.1) is 0 Å². The number of halogens is 1. The topological polar surface area (TPSA) is 68.0 Å². The molecule has 23 heavy (non-hydrogen) atoms. The highest BCUT2D eigenvalue weighted by Gasteiger charge is 2.15. The number of aromatic nitrogens is 2. The van der Waals surface area contributed by atoms with Crippen molar-refractivity contribution in [2.45, 2.75) is 11.3 Å². The van der Waals surface area contributed by atoms with Crippen LogP contribution in [0.3, 0.4) is 0 Å². The summed E-state index contributed by atoms with van der Waals surface area (Å²) < 4.78 is 6.18. The molecule has 1 aromatic carbocycles. The predicted molar refractivity (Wildman–Crippen MR) is 92.6 cm³/mol. The molecule has 0 aliphatic rings. The third kappa shape index (κ3) is 3.93. The lowest BCUT2D eigenvalue weighted by Gasteiger charge is -2.05. The molecule has 0 spiro atoms. The van der Waals surface area contributed by atoms with E-state index in [4.69, 9.17) is 16.0 Å². The summed E-state index contributed by atoms with van der Waals surface area (Å²) in [5.41, 5.74) is 0.574. The number of amides is 1. The van der Waals surface area contributed by atoms with E-state index >= 15 is 0 Å². The maximum Gasteiger partial charge on any atom is 0.322 e. The smallest absolute Gasteiger partial charge is 0.322 e. The number of thiophene rings is 1. The van der Waals surface area contributed by atoms with E-state index in [0.717, 1.165) is 9.77 Å². The van der Waals surface area contributed by atoms with Gasteiger partial charge in [0.2, 0.25) is 5.89 Å². The maximum absolute atomic E-state index is 12.3. The van der Waals surface area contributed by atoms with Crippen LogP contribution in [0.1, 0.15) is 21.1 Å². The van der Waals surface area contributed by atoms with E-state index in [9.17, 15) is 4.79 Å². The van der Waals surface area contributed by atoms with Gasteiger partial charge in [0.15, 0.2) is 0 Å². The molecule has 0 unspecified atom stereocenters. The van der Waals surface area contributed by atoms with Gasteiger partial charge in [0, 0.05) is 9.77 Å². The molecule has 8 heteroatoms. The number of hydrogen-bond donors (Lipinski definition) is 1. The monoisotopic (exact) mass is 365 g/mol. The van der Waals surface area contributed by atoms with Crippen LogP contribution in [-0.2, 0) is 6.42 Å². The minimum atomic E-state index is -0.274. The van der Waals surface area contributed by atoms with Crippen LogP contribution < -0.4 is 5.32 Å². The van der Waals surface area contributed by atoms with Crippen molar-refractivity contribution in [3.8, 4) is 0 Å². The van der Waals surface area contributed by atoms with Crippen LogP contribution >= 0.6 is 34.7 Å². The Kier molecular flexibility index (Phi) is 5.00. The first-order valence-electron chi connectivity index (χ1n) is 6.66. The van der Waals surface area contributed by atoms with Gasteiger partial charge in [0.25, 0.3) is 5.91 Å². The standard InChI is InChI=1S/C15H12ClN3O2S2/c1-22-11-5-3-2-4-10(11)14(20)17-15-19-18-13(21-15)8-9-6-7-12(16)23-9/h2-7H,8H2,1H3,(H,17,19,20). The van der Waals surface area contributed by atoms with Gasteiger partial charge >= 0.3 is 6.01 Å². The van der Waals surface area contributed by atoms with E-state index in [1.54, 1.807) is 6.07 Å². The minimum absolute atomic E-state index is 0.0866. The quantitative estimate of drug-likeness (QED) is 0.681. The second kappa shape index (κ2) is 7.16. The summed E-state index contributed by atoms with van der Waals surface area (Å²) >= 11 is 8.85. The van der Waals surface area contributed by atoms with Crippen molar-refractivity contribution in [2.75, 3.05) is 11.6 Å². The van der Waals surface area contributed by atoms with Crippen LogP contribution in [0.2, 0.25) is 4.34 Å². The number of carbonyl (C=O) groups is 1. The van der Waals surface area contributed by atoms with Gasteiger partial charge in [-0.25, -0.2) is 0 Å². The number of thioether (sulfide) groups is 1. The largest absolute Gasteiger partial charge is 0.407 e. The number of hydrogen-bond acceptors (Lipinski definition) is 6. The highest BCUT2D eigenvalue weighted by Crippen LogP contribution is 2.24. The summed E-state index contributed by atoms with van der Waals surface area (Å²) in [5.74, 6) is 0.154. The van der Waals surface area contributed by atoms with Crippen molar-refractivity contribution < 1.29 is 9.21 Å². The second-order valence-electron chi connectivity index (χ2n) is 4.54. The molecule has 0 aliphatic carbocycles. The molecule has 3 rings (SSSR count). The average Bonchev–Trinajstić information content (AvgIpc) is 3.16. The zero-order valence-corrected chi connectivity index (χ0v) is 14.5. The Morgan fingerprint density at radius 2 is 2.13 bits per heavy atom. The van der Waals surface area contributed by atoms with Crippen molar-refractivity contribution in [2.24, 2.45) is 0 Å². The van der Waals surface area contributed by atoms with Crippen LogP contribution in [-0.4, -0.2) is 22.4 Å². The number of anilines is 1. The Labute approximate surface area is 146 Å². The van der Waals surface area contributed by atoms with Crippen LogP contribution in [0.4, 0.5) is 6.01 Å². The molecular formula is C15H12ClN3O2S2. The minimum Gasteiger partial charge on any atom is -0.407 e. The molecule has 1 amide bonds. The van der Waals surface area contributed by atoms with Gasteiger partial charge < -0.3 is 4.42 Å². The molecule has 0 radical (unpaired) electrons. The zero-order valence-electron chi connectivity index (χ0n) is 12.1. The lowest BCUT2D eigenvalue weighted by atomic mass is 10.2. The highest BCUT2D eigenvalue weighted by atomic mass is 35.5. The molecule has 1 N–H and O–H groups in total. The molecular weight excluding hydrogens is 354 g/mol. The summed E-state index contributed by atoms with van der Waals surface area (Å²) in [4.78, 5) is 14.2. The molecule has 0 saturated heterocycles. The molecule has 0 atom stereocenters. The molecule has 0 fully saturated rings. The van der Waals surface area contributed by atoms with Crippen molar-refractivity contribution >= 4 is 46.6 Å². The van der Waals surface area contributed by atoms with Crippen LogP contribution in [0.25, 0.3) is 0 Å². The van der Waals surface area contributed by atoms with Gasteiger partial charge in [-0.1, -0.05) is 28.8 Å². The number of nitrogens with one attached hydrogen (secondary N) is 1. The van der Waals surface area contributed by atoms with E-state index in [-0.39, 0.29) is 11.9 Å². The number of carbonyl (C=O) groups excluding carboxylic acids is 1. The fourth-order valence-corrected chi connectivity index (χ4v) is 3.64. The second-order valence-corrected chi connectivity index (χ2v) is 7.19. The Bertz CT molecular complexity index is 832. The summed E-state index contributed by atoms with van der Waals surface area (Å²) in [5, 5.41) is 10.4. The van der Waals surface area contributed by atoms with Crippen LogP contribution in [0.5, 0.6) is 0 Å². The van der Waals surface area contributed by atoms with E-state index < -0.39 is 0 Å². The van der Waals surface area contributed by atoms with Crippen LogP contribution in [0.15, 0.2) is 45.7 Å². The average molecular weight is 366 g/mol. The van der Waals surface area contributed by atoms with Gasteiger partial charge in [-0.15, -0.1) is 28.2 Å². The van der Waals surface area contributed by atoms with Crippen molar-refractivity contribution in [1.29, 1.82) is 0 Å². The summed E-state index contributed by atoms with van der Waals surface area (Å²) in [6.07, 6.45) is 2.41. The molecule has 5 nitrogen and oxygen atoms in total. The lowest BCUT2D eigenvalue weighted by Crippen LogP contribution is -2.13. The summed E-state index contributed by atoms with van der Waals surface area (Å²) in [6, 6.07) is 11.2. The van der Waals surface area contributed by atoms with Gasteiger partial charge in [-0.3, -0.25) is 10.1 Å². The van der Waals surface area contributed by atoms with Crippen molar-refractivity contribution in [1.82, 2.24) is 10.2 Å². The van der Waals surface area contributed by atoms with Crippen molar-refractivity contribution in [3.63, 3.8) is 0 Å². The van der Waals surface area contributed by atoms with E-state index in [1.807, 2.05) is 36.6 Å². The van der Waals surface area contributed by atoms with E-state index in [0.29, 0.717) is 22.2 Å². The Balaban J connectivity index is 1.70. The third-order valence-corrected chi connectivity index (χ3v) is 5.02. The summed E-state index contributed by atoms with van der Waals surface area (Å²) in [6.45, 7) is 0. The molecule has 0 saturated carbocycles.